The number of fused-ring (bicyclic) bond motifs is 6. The number of hydrogen-bond donors (Lipinski definition) is 0. The van der Waals surface area contributed by atoms with Gasteiger partial charge in [-0.05, 0) is 104 Å². The Morgan fingerprint density at radius 1 is 0.276 bits per heavy atom. The van der Waals surface area contributed by atoms with Crippen LogP contribution in [0.3, 0.4) is 0 Å². The van der Waals surface area contributed by atoms with Crippen LogP contribution in [-0.4, -0.2) is 0 Å². The van der Waals surface area contributed by atoms with Gasteiger partial charge < -0.3 is 9.32 Å². The molecule has 0 aliphatic heterocycles. The molecular weight excluding hydrogens is 703 g/mol. The summed E-state index contributed by atoms with van der Waals surface area (Å²) in [5.41, 5.74) is 14.3. The molecular formula is C56H37NO. The van der Waals surface area contributed by atoms with Gasteiger partial charge in [0.05, 0.1) is 0 Å². The van der Waals surface area contributed by atoms with Crippen molar-refractivity contribution in [2.75, 3.05) is 4.90 Å². The molecule has 0 N–H and O–H groups in total. The molecule has 0 amide bonds. The van der Waals surface area contributed by atoms with Crippen molar-refractivity contribution in [1.29, 1.82) is 0 Å². The van der Waals surface area contributed by atoms with E-state index in [0.29, 0.717) is 0 Å². The van der Waals surface area contributed by atoms with Gasteiger partial charge in [0.2, 0.25) is 0 Å². The van der Waals surface area contributed by atoms with Gasteiger partial charge in [0.25, 0.3) is 0 Å². The molecule has 58 heavy (non-hydrogen) atoms. The SMILES string of the molecule is c1ccc(-c2ccc(-c3ccc(-c4cccc(N(c5ccc(-c6ccccc6)cc5)c5ccc6ccccc6c5)c4)c4c3oc3c5ccccc5ccc34)cc2)cc1. The fourth-order valence-electron chi connectivity index (χ4n) is 8.56. The van der Waals surface area contributed by atoms with Crippen LogP contribution in [0, 0.1) is 0 Å². The maximum Gasteiger partial charge on any atom is 0.143 e. The summed E-state index contributed by atoms with van der Waals surface area (Å²) < 4.78 is 7.02. The van der Waals surface area contributed by atoms with Crippen molar-refractivity contribution in [3.05, 3.63) is 224 Å². The van der Waals surface area contributed by atoms with Crippen molar-refractivity contribution in [3.8, 4) is 44.5 Å². The Balaban J connectivity index is 1.09. The zero-order valence-electron chi connectivity index (χ0n) is 31.7. The molecule has 11 rings (SSSR count). The summed E-state index contributed by atoms with van der Waals surface area (Å²) in [6.45, 7) is 0. The van der Waals surface area contributed by atoms with Gasteiger partial charge in [-0.25, -0.2) is 0 Å². The smallest absolute Gasteiger partial charge is 0.143 e. The highest BCUT2D eigenvalue weighted by atomic mass is 16.3. The second kappa shape index (κ2) is 14.1. The molecule has 2 nitrogen and oxygen atoms in total. The van der Waals surface area contributed by atoms with E-state index in [-0.39, 0.29) is 0 Å². The van der Waals surface area contributed by atoms with Crippen LogP contribution < -0.4 is 4.90 Å². The van der Waals surface area contributed by atoms with Crippen LogP contribution in [-0.2, 0) is 0 Å². The summed E-state index contributed by atoms with van der Waals surface area (Å²) in [6.07, 6.45) is 0. The normalized spacial score (nSPS) is 11.4. The lowest BCUT2D eigenvalue weighted by atomic mass is 9.93. The number of hydrogen-bond acceptors (Lipinski definition) is 2. The predicted molar refractivity (Wildman–Crippen MR) is 245 cm³/mol. The fourth-order valence-corrected chi connectivity index (χ4v) is 8.56. The van der Waals surface area contributed by atoms with Gasteiger partial charge in [-0.1, -0.05) is 176 Å². The molecule has 272 valence electrons. The lowest BCUT2D eigenvalue weighted by Crippen LogP contribution is -2.10. The van der Waals surface area contributed by atoms with Gasteiger partial charge in [-0.3, -0.25) is 0 Å². The predicted octanol–water partition coefficient (Wildman–Crippen LogP) is 16.0. The van der Waals surface area contributed by atoms with Crippen LogP contribution >= 0.6 is 0 Å². The Kier molecular flexibility index (Phi) is 8.19. The minimum Gasteiger partial charge on any atom is -0.455 e. The Labute approximate surface area is 337 Å². The van der Waals surface area contributed by atoms with Crippen LogP contribution in [0.5, 0.6) is 0 Å². The fraction of sp³-hybridized carbons (Fsp3) is 0. The number of benzene rings is 10. The molecule has 0 aliphatic carbocycles. The van der Waals surface area contributed by atoms with Gasteiger partial charge in [-0.2, -0.15) is 0 Å². The van der Waals surface area contributed by atoms with Gasteiger partial charge >= 0.3 is 0 Å². The molecule has 0 bridgehead atoms. The summed E-state index contributed by atoms with van der Waals surface area (Å²) in [5.74, 6) is 0. The largest absolute Gasteiger partial charge is 0.455 e. The van der Waals surface area contributed by atoms with Crippen LogP contribution in [0.4, 0.5) is 17.1 Å². The molecule has 0 unspecified atom stereocenters. The van der Waals surface area contributed by atoms with Gasteiger partial charge in [0.15, 0.2) is 0 Å². The molecule has 1 aromatic heterocycles. The van der Waals surface area contributed by atoms with Gasteiger partial charge in [0.1, 0.15) is 11.2 Å². The molecule has 0 saturated heterocycles. The number of rotatable bonds is 7. The second-order valence-electron chi connectivity index (χ2n) is 14.9. The Hall–Kier alpha value is -7.68. The molecule has 0 spiro atoms. The quantitative estimate of drug-likeness (QED) is 0.162. The molecule has 2 heteroatoms. The highest BCUT2D eigenvalue weighted by Crippen LogP contribution is 2.45. The third kappa shape index (κ3) is 5.91. The van der Waals surface area contributed by atoms with Crippen molar-refractivity contribution in [1.82, 2.24) is 0 Å². The molecule has 0 aliphatic rings. The third-order valence-corrected chi connectivity index (χ3v) is 11.5. The summed E-state index contributed by atoms with van der Waals surface area (Å²) in [4.78, 5) is 2.37. The van der Waals surface area contributed by atoms with Crippen molar-refractivity contribution in [2.45, 2.75) is 0 Å². The first-order chi connectivity index (χ1) is 28.7. The summed E-state index contributed by atoms with van der Waals surface area (Å²) in [6, 6.07) is 80.5. The van der Waals surface area contributed by atoms with Crippen LogP contribution in [0.2, 0.25) is 0 Å². The standard InChI is InChI=1S/C56H37NO/c1-3-12-38(13-4-1)41-22-24-44(25-23-41)52-35-34-50(54-53-33-29-43-17-9-10-21-51(43)55(53)58-56(52)54)46-19-11-20-48(37-46)57(49-32-28-40-16-7-8-18-45(40)36-49)47-30-26-42(27-31-47)39-14-5-2-6-15-39/h1-37H. The van der Waals surface area contributed by atoms with E-state index in [1.807, 2.05) is 0 Å². The van der Waals surface area contributed by atoms with E-state index in [0.717, 1.165) is 72.0 Å². The van der Waals surface area contributed by atoms with Crippen molar-refractivity contribution < 1.29 is 4.42 Å². The van der Waals surface area contributed by atoms with Crippen molar-refractivity contribution >= 4 is 60.5 Å². The van der Waals surface area contributed by atoms with Crippen LogP contribution in [0.25, 0.3) is 88.0 Å². The summed E-state index contributed by atoms with van der Waals surface area (Å²) >= 11 is 0. The molecule has 0 fully saturated rings. The van der Waals surface area contributed by atoms with E-state index in [4.69, 9.17) is 4.42 Å². The maximum atomic E-state index is 7.02. The topological polar surface area (TPSA) is 16.4 Å². The third-order valence-electron chi connectivity index (χ3n) is 11.5. The van der Waals surface area contributed by atoms with Crippen molar-refractivity contribution in [3.63, 3.8) is 0 Å². The zero-order chi connectivity index (χ0) is 38.4. The number of nitrogens with zero attached hydrogens (tertiary/aromatic N) is 1. The number of furan rings is 1. The van der Waals surface area contributed by atoms with E-state index in [9.17, 15) is 0 Å². The zero-order valence-corrected chi connectivity index (χ0v) is 31.7. The molecule has 1 heterocycles. The van der Waals surface area contributed by atoms with Crippen LogP contribution in [0.1, 0.15) is 0 Å². The molecule has 10 aromatic carbocycles. The lowest BCUT2D eigenvalue weighted by Gasteiger charge is -2.26. The lowest BCUT2D eigenvalue weighted by molar-refractivity contribution is 0.674. The summed E-state index contributed by atoms with van der Waals surface area (Å²) in [5, 5.41) is 6.93. The highest BCUT2D eigenvalue weighted by molar-refractivity contribution is 6.21. The minimum atomic E-state index is 0.893. The molecule has 0 radical (unpaired) electrons. The first kappa shape index (κ1) is 33.6. The minimum absolute atomic E-state index is 0.893. The molecule has 11 aromatic rings. The van der Waals surface area contributed by atoms with Gasteiger partial charge in [0, 0.05) is 38.8 Å². The van der Waals surface area contributed by atoms with Crippen LogP contribution in [0.15, 0.2) is 229 Å². The van der Waals surface area contributed by atoms with E-state index in [1.165, 1.54) is 33.0 Å². The highest BCUT2D eigenvalue weighted by Gasteiger charge is 2.21. The second-order valence-corrected chi connectivity index (χ2v) is 14.9. The number of anilines is 3. The van der Waals surface area contributed by atoms with E-state index in [2.05, 4.69) is 229 Å². The summed E-state index contributed by atoms with van der Waals surface area (Å²) in [7, 11) is 0. The Morgan fingerprint density at radius 2 is 0.810 bits per heavy atom. The molecule has 0 saturated carbocycles. The first-order valence-electron chi connectivity index (χ1n) is 19.8. The maximum absolute atomic E-state index is 7.02. The molecule has 0 atom stereocenters. The van der Waals surface area contributed by atoms with E-state index >= 15 is 0 Å². The first-order valence-corrected chi connectivity index (χ1v) is 19.8. The average molecular weight is 740 g/mol. The Bertz CT molecular complexity index is 3250. The average Bonchev–Trinajstić information content (AvgIpc) is 3.70. The van der Waals surface area contributed by atoms with E-state index < -0.39 is 0 Å². The van der Waals surface area contributed by atoms with Crippen molar-refractivity contribution in [2.24, 2.45) is 0 Å². The van der Waals surface area contributed by atoms with E-state index in [1.54, 1.807) is 0 Å². The Morgan fingerprint density at radius 3 is 1.55 bits per heavy atom. The van der Waals surface area contributed by atoms with Gasteiger partial charge in [-0.15, -0.1) is 0 Å². The monoisotopic (exact) mass is 739 g/mol.